The first-order chi connectivity index (χ1) is 1.41. The minimum atomic E-state index is -0.0833. The van der Waals surface area contributed by atoms with Gasteiger partial charge in [0.25, 0.3) is 0 Å². The Kier molecular flexibility index (Phi) is 20.1. The Bertz CT molecular complexity index is 6.00. The summed E-state index contributed by atoms with van der Waals surface area (Å²) in [6.07, 6.45) is 0. The van der Waals surface area contributed by atoms with Gasteiger partial charge in [0.15, 0.2) is 0 Å². The van der Waals surface area contributed by atoms with Crippen LogP contribution in [0, 0.1) is 0 Å². The molecule has 0 aliphatic heterocycles. The molecule has 0 aliphatic rings. The zero-order valence-electron chi connectivity index (χ0n) is 3.21. The van der Waals surface area contributed by atoms with Gasteiger partial charge < -0.3 is 5.48 Å². The molecule has 2 heteroatoms. The monoisotopic (exact) mass is 250 g/mol. The topological polar surface area (TPSA) is 31.5 Å². The van der Waals surface area contributed by atoms with Crippen LogP contribution in [0.3, 0.4) is 0 Å². The van der Waals surface area contributed by atoms with Crippen LogP contribution in [0.2, 0.25) is 8.86 Å². The summed E-state index contributed by atoms with van der Waals surface area (Å²) < 4.78 is 4.69. The van der Waals surface area contributed by atoms with Crippen LogP contribution in [0.4, 0.5) is 0 Å². The summed E-state index contributed by atoms with van der Waals surface area (Å²) in [5, 5.41) is 0. The molecule has 0 aromatic rings. The molecule has 0 unspecified atom stereocenters. The van der Waals surface area contributed by atoms with Crippen molar-refractivity contribution in [3.63, 3.8) is 0 Å². The molecule has 0 atom stereocenters. The van der Waals surface area contributed by atoms with E-state index in [-0.39, 0.29) is 30.1 Å². The predicted octanol–water partition coefficient (Wildman–Crippen LogP) is 0.340. The van der Waals surface area contributed by atoms with Gasteiger partial charge in [0.05, 0.1) is 0 Å². The van der Waals surface area contributed by atoms with E-state index in [0.29, 0.717) is 0 Å². The van der Waals surface area contributed by atoms with E-state index in [1.54, 1.807) is 0 Å². The first-order valence-electron chi connectivity index (χ1n) is 1.41. The van der Waals surface area contributed by atoms with Gasteiger partial charge in [-0.05, 0) is 0 Å². The molecule has 0 rings (SSSR count). The molecule has 0 bridgehead atoms. The Labute approximate surface area is 39.1 Å². The summed E-state index contributed by atoms with van der Waals surface area (Å²) >= 11 is -0.0833. The normalized spacial score (nSPS) is 2.50. The van der Waals surface area contributed by atoms with E-state index in [9.17, 15) is 0 Å². The number of rotatable bonds is 0. The standard InChI is InChI=1S/2CH3.Hg.H2O/h2*1H3;;1H2. The van der Waals surface area contributed by atoms with Crippen molar-refractivity contribution in [1.29, 1.82) is 0 Å². The van der Waals surface area contributed by atoms with Crippen LogP contribution < -0.4 is 0 Å². The zero-order chi connectivity index (χ0) is 2.71. The van der Waals surface area contributed by atoms with Crippen molar-refractivity contribution in [1.82, 2.24) is 0 Å². The van der Waals surface area contributed by atoms with Crippen molar-refractivity contribution in [3.05, 3.63) is 0 Å². The van der Waals surface area contributed by atoms with E-state index in [0.717, 1.165) is 0 Å². The van der Waals surface area contributed by atoms with Crippen LogP contribution in [0.5, 0.6) is 0 Å². The van der Waals surface area contributed by atoms with E-state index < -0.39 is 0 Å². The molecule has 0 fully saturated rings. The summed E-state index contributed by atoms with van der Waals surface area (Å²) in [6, 6.07) is 0. The Balaban J connectivity index is 0. The van der Waals surface area contributed by atoms with Gasteiger partial charge in [0.2, 0.25) is 0 Å². The van der Waals surface area contributed by atoms with Crippen LogP contribution in [0.15, 0.2) is 0 Å². The van der Waals surface area contributed by atoms with E-state index in [1.807, 2.05) is 0 Å². The molecule has 0 saturated heterocycles. The second-order valence-electron chi connectivity index (χ2n) is 0.707. The van der Waals surface area contributed by atoms with E-state index >= 15 is 0 Å². The fourth-order valence-corrected chi connectivity index (χ4v) is 0. The van der Waals surface area contributed by atoms with E-state index in [4.69, 9.17) is 0 Å². The SMILES string of the molecule is O.[CH3][Hg][CH3]. The maximum absolute atomic E-state index is 2.35. The summed E-state index contributed by atoms with van der Waals surface area (Å²) in [6.45, 7) is 0. The fourth-order valence-electron chi connectivity index (χ4n) is 0. The molecule has 0 amide bonds. The molecular weight excluding hydrogens is 241 g/mol. The number of hydrogen-bond acceptors (Lipinski definition) is 0. The van der Waals surface area contributed by atoms with Gasteiger partial charge in [-0.2, -0.15) is 0 Å². The molecule has 2 N–H and O–H groups in total. The van der Waals surface area contributed by atoms with E-state index in [1.165, 1.54) is 0 Å². The Morgan fingerprint density at radius 1 is 1.25 bits per heavy atom. The third-order valence-corrected chi connectivity index (χ3v) is 0. The summed E-state index contributed by atoms with van der Waals surface area (Å²) in [7, 11) is 0. The van der Waals surface area contributed by atoms with E-state index in [2.05, 4.69) is 8.86 Å². The third-order valence-electron chi connectivity index (χ3n) is 0. The summed E-state index contributed by atoms with van der Waals surface area (Å²) in [5.74, 6) is 0. The molecule has 0 heterocycles. The molecular formula is C2H8HgO. The number of hydrogen-bond donors (Lipinski definition) is 0. The van der Waals surface area contributed by atoms with Crippen molar-refractivity contribution in [2.24, 2.45) is 0 Å². The van der Waals surface area contributed by atoms with Crippen LogP contribution in [0.25, 0.3) is 0 Å². The molecule has 0 spiro atoms. The van der Waals surface area contributed by atoms with Crippen molar-refractivity contribution in [2.75, 3.05) is 0 Å². The van der Waals surface area contributed by atoms with Gasteiger partial charge in [-0.1, -0.05) is 0 Å². The van der Waals surface area contributed by atoms with Crippen LogP contribution in [0.1, 0.15) is 0 Å². The third kappa shape index (κ3) is 13.0. The van der Waals surface area contributed by atoms with Crippen LogP contribution in [-0.4, -0.2) is 5.48 Å². The van der Waals surface area contributed by atoms with Gasteiger partial charge in [-0.3, -0.25) is 0 Å². The van der Waals surface area contributed by atoms with Crippen LogP contribution in [-0.2, 0) is 24.6 Å². The first-order valence-corrected chi connectivity index (χ1v) is 12.4. The quantitative estimate of drug-likeness (QED) is 0.554. The zero-order valence-corrected chi connectivity index (χ0v) is 8.70. The Morgan fingerprint density at radius 2 is 1.25 bits per heavy atom. The molecule has 0 aliphatic carbocycles. The predicted molar refractivity (Wildman–Crippen MR) is 15.3 cm³/mol. The molecule has 4 heavy (non-hydrogen) atoms. The minimum absolute atomic E-state index is 0. The van der Waals surface area contributed by atoms with Crippen molar-refractivity contribution in [3.8, 4) is 0 Å². The second-order valence-corrected chi connectivity index (χ2v) is 6.20. The van der Waals surface area contributed by atoms with Gasteiger partial charge in [0.1, 0.15) is 0 Å². The molecule has 0 radical (unpaired) electrons. The Hall–Kier alpha value is 0.895. The van der Waals surface area contributed by atoms with Gasteiger partial charge >= 0.3 is 33.4 Å². The second kappa shape index (κ2) is 9.09. The molecule has 0 aromatic heterocycles. The summed E-state index contributed by atoms with van der Waals surface area (Å²) in [5.41, 5.74) is 0. The van der Waals surface area contributed by atoms with Crippen molar-refractivity contribution < 1.29 is 30.1 Å². The molecule has 0 aromatic carbocycles. The molecule has 1 nitrogen and oxygen atoms in total. The average molecular weight is 249 g/mol. The molecule has 24 valence electrons. The van der Waals surface area contributed by atoms with Crippen LogP contribution >= 0.6 is 0 Å². The van der Waals surface area contributed by atoms with Gasteiger partial charge in [-0.25, -0.2) is 0 Å². The maximum atomic E-state index is 2.35. The molecule has 0 saturated carbocycles. The van der Waals surface area contributed by atoms with Gasteiger partial charge in [-0.15, -0.1) is 0 Å². The first kappa shape index (κ1) is 8.86. The van der Waals surface area contributed by atoms with Crippen molar-refractivity contribution in [2.45, 2.75) is 8.86 Å². The Morgan fingerprint density at radius 3 is 1.25 bits per heavy atom. The van der Waals surface area contributed by atoms with Crippen molar-refractivity contribution >= 4 is 0 Å². The average Bonchev–Trinajstić information content (AvgIpc) is 0.918. The van der Waals surface area contributed by atoms with Gasteiger partial charge in [0, 0.05) is 0 Å². The fraction of sp³-hybridized carbons (Fsp3) is 1.00. The summed E-state index contributed by atoms with van der Waals surface area (Å²) in [4.78, 5) is 0.